The van der Waals surface area contributed by atoms with Crippen molar-refractivity contribution in [1.82, 2.24) is 14.8 Å². The van der Waals surface area contributed by atoms with Crippen LogP contribution in [0.5, 0.6) is 0 Å². The van der Waals surface area contributed by atoms with E-state index in [1.807, 2.05) is 9.80 Å². The van der Waals surface area contributed by atoms with Gasteiger partial charge in [-0.2, -0.15) is 10.5 Å². The number of aryl methyl sites for hydroxylation is 1. The first-order valence-electron chi connectivity index (χ1n) is 14.1. The maximum Gasteiger partial charge on any atom is 0.270 e. The number of nitrogens with zero attached hydrogens (tertiary/aromatic N) is 5. The molecule has 10 heteroatoms. The molecule has 0 bridgehead atoms. The van der Waals surface area contributed by atoms with Crippen molar-refractivity contribution in [3.8, 4) is 12.1 Å². The number of halogens is 2. The van der Waals surface area contributed by atoms with Gasteiger partial charge in [0.25, 0.3) is 5.56 Å². The Hall–Kier alpha value is -5.06. The second kappa shape index (κ2) is 11.3. The van der Waals surface area contributed by atoms with Crippen molar-refractivity contribution in [2.45, 2.75) is 31.0 Å². The standard InChI is InChI=1S/C33H28F2N6O2/c1-39-28-13-2-20(17-36)16-26(28)31(27(18-37)33(39)43)40-14-15-41(29(19-40)32(42)38-25-11-12-25)30(21-3-7-23(34)8-4-21)22-5-9-24(35)10-6-22/h2-10,13,16,25,29-30H,11-12,14-15,19H2,1H3,(H,38,42). The van der Waals surface area contributed by atoms with E-state index in [0.717, 1.165) is 24.0 Å². The highest BCUT2D eigenvalue weighted by Gasteiger charge is 2.40. The average Bonchev–Trinajstić information content (AvgIpc) is 3.84. The van der Waals surface area contributed by atoms with Crippen molar-refractivity contribution >= 4 is 22.5 Å². The van der Waals surface area contributed by atoms with Crippen LogP contribution in [-0.4, -0.2) is 47.1 Å². The molecule has 1 aliphatic heterocycles. The molecule has 2 aliphatic rings. The topological polar surface area (TPSA) is 105 Å². The van der Waals surface area contributed by atoms with Gasteiger partial charge in [0.1, 0.15) is 29.3 Å². The van der Waals surface area contributed by atoms with Gasteiger partial charge in [0.2, 0.25) is 5.91 Å². The van der Waals surface area contributed by atoms with Crippen LogP contribution in [0.2, 0.25) is 0 Å². The molecular formula is C33H28F2N6O2. The van der Waals surface area contributed by atoms with Crippen LogP contribution in [0.4, 0.5) is 14.5 Å². The van der Waals surface area contributed by atoms with Crippen LogP contribution in [0.15, 0.2) is 71.5 Å². The summed E-state index contributed by atoms with van der Waals surface area (Å²) in [6.07, 6.45) is 1.77. The van der Waals surface area contributed by atoms with E-state index in [-0.39, 0.29) is 24.1 Å². The van der Waals surface area contributed by atoms with Crippen LogP contribution < -0.4 is 15.8 Å². The van der Waals surface area contributed by atoms with Gasteiger partial charge in [-0.25, -0.2) is 8.78 Å². The largest absolute Gasteiger partial charge is 0.366 e. The Labute approximate surface area is 247 Å². The Morgan fingerprint density at radius 3 is 2.12 bits per heavy atom. The number of pyridine rings is 1. The van der Waals surface area contributed by atoms with Gasteiger partial charge in [-0.1, -0.05) is 24.3 Å². The summed E-state index contributed by atoms with van der Waals surface area (Å²) in [7, 11) is 1.58. The summed E-state index contributed by atoms with van der Waals surface area (Å²) >= 11 is 0. The minimum absolute atomic E-state index is 0.0616. The number of anilines is 1. The summed E-state index contributed by atoms with van der Waals surface area (Å²) < 4.78 is 29.3. The molecule has 4 aromatic rings. The van der Waals surface area contributed by atoms with Crippen LogP contribution >= 0.6 is 0 Å². The summed E-state index contributed by atoms with van der Waals surface area (Å²) in [4.78, 5) is 31.1. The van der Waals surface area contributed by atoms with Crippen molar-refractivity contribution in [1.29, 1.82) is 10.5 Å². The van der Waals surface area contributed by atoms with E-state index >= 15 is 0 Å². The van der Waals surface area contributed by atoms with Crippen molar-refractivity contribution < 1.29 is 13.6 Å². The number of aromatic nitrogens is 1. The Morgan fingerprint density at radius 1 is 0.930 bits per heavy atom. The highest BCUT2D eigenvalue weighted by molar-refractivity contribution is 5.96. The number of carbonyl (C=O) groups excluding carboxylic acids is 1. The molecule has 6 rings (SSSR count). The molecule has 43 heavy (non-hydrogen) atoms. The van der Waals surface area contributed by atoms with E-state index in [9.17, 15) is 28.9 Å². The summed E-state index contributed by atoms with van der Waals surface area (Å²) in [6.45, 7) is 0.826. The molecule has 2 heterocycles. The van der Waals surface area contributed by atoms with E-state index in [4.69, 9.17) is 0 Å². The number of fused-ring (bicyclic) bond motifs is 1. The molecule has 8 nitrogen and oxygen atoms in total. The summed E-state index contributed by atoms with van der Waals surface area (Å²) in [6, 6.07) is 20.1. The lowest BCUT2D eigenvalue weighted by Gasteiger charge is -2.46. The Kier molecular flexibility index (Phi) is 7.39. The monoisotopic (exact) mass is 578 g/mol. The molecule has 2 fully saturated rings. The molecule has 216 valence electrons. The zero-order valence-corrected chi connectivity index (χ0v) is 23.4. The van der Waals surface area contributed by atoms with Gasteiger partial charge in [0.05, 0.1) is 28.9 Å². The quantitative estimate of drug-likeness (QED) is 0.369. The molecule has 1 saturated carbocycles. The van der Waals surface area contributed by atoms with Crippen LogP contribution in [0.25, 0.3) is 10.9 Å². The molecule has 1 atom stereocenters. The van der Waals surface area contributed by atoms with Crippen LogP contribution in [0.3, 0.4) is 0 Å². The van der Waals surface area contributed by atoms with Gasteiger partial charge in [-0.15, -0.1) is 0 Å². The fourth-order valence-corrected chi connectivity index (χ4v) is 5.96. The van der Waals surface area contributed by atoms with E-state index in [0.29, 0.717) is 35.2 Å². The first-order chi connectivity index (χ1) is 20.8. The molecule has 1 aliphatic carbocycles. The molecule has 1 amide bonds. The van der Waals surface area contributed by atoms with Crippen molar-refractivity contribution in [3.05, 3.63) is 111 Å². The Bertz CT molecular complexity index is 1810. The molecule has 1 unspecified atom stereocenters. The number of hydrogen-bond acceptors (Lipinski definition) is 6. The van der Waals surface area contributed by atoms with Gasteiger partial charge < -0.3 is 14.8 Å². The highest BCUT2D eigenvalue weighted by Crippen LogP contribution is 2.36. The summed E-state index contributed by atoms with van der Waals surface area (Å²) in [5.41, 5.74) is 2.28. The van der Waals surface area contributed by atoms with Gasteiger partial charge in [-0.3, -0.25) is 14.5 Å². The van der Waals surface area contributed by atoms with E-state index in [2.05, 4.69) is 17.5 Å². The molecule has 1 aromatic heterocycles. The summed E-state index contributed by atoms with van der Waals surface area (Å²) in [5, 5.41) is 23.4. The Morgan fingerprint density at radius 2 is 1.56 bits per heavy atom. The molecular weight excluding hydrogens is 550 g/mol. The number of piperazine rings is 1. The third-order valence-corrected chi connectivity index (χ3v) is 8.28. The number of carbonyl (C=O) groups is 1. The second-order valence-electron chi connectivity index (χ2n) is 11.0. The lowest BCUT2D eigenvalue weighted by atomic mass is 9.93. The van der Waals surface area contributed by atoms with Gasteiger partial charge in [0, 0.05) is 38.1 Å². The number of nitriles is 2. The number of nitrogens with one attached hydrogen (secondary N) is 1. The fraction of sp³-hybridized carbons (Fsp3) is 0.273. The average molecular weight is 579 g/mol. The zero-order chi connectivity index (χ0) is 30.2. The number of amides is 1. The minimum Gasteiger partial charge on any atom is -0.366 e. The van der Waals surface area contributed by atoms with Crippen molar-refractivity contribution in [2.24, 2.45) is 7.05 Å². The number of benzene rings is 3. The van der Waals surface area contributed by atoms with E-state index < -0.39 is 29.3 Å². The SMILES string of the molecule is Cn1c(=O)c(C#N)c(N2CCN(C(c3ccc(F)cc3)c3ccc(F)cc3)C(C(=O)NC3CC3)C2)c2cc(C#N)ccc21. The third kappa shape index (κ3) is 5.33. The van der Waals surface area contributed by atoms with Crippen molar-refractivity contribution in [2.75, 3.05) is 24.5 Å². The molecule has 0 radical (unpaired) electrons. The third-order valence-electron chi connectivity index (χ3n) is 8.28. The first kappa shape index (κ1) is 28.1. The second-order valence-corrected chi connectivity index (χ2v) is 11.0. The van der Waals surface area contributed by atoms with Crippen molar-refractivity contribution in [3.63, 3.8) is 0 Å². The van der Waals surface area contributed by atoms with Gasteiger partial charge in [0.15, 0.2) is 0 Å². The maximum atomic E-state index is 13.9. The van der Waals surface area contributed by atoms with E-state index in [1.165, 1.54) is 28.8 Å². The van der Waals surface area contributed by atoms with E-state index in [1.54, 1.807) is 49.5 Å². The first-order valence-corrected chi connectivity index (χ1v) is 14.1. The van der Waals surface area contributed by atoms with Gasteiger partial charge >= 0.3 is 0 Å². The van der Waals surface area contributed by atoms with Crippen LogP contribution in [0, 0.1) is 34.3 Å². The molecule has 0 spiro atoms. The predicted octanol–water partition coefficient (Wildman–Crippen LogP) is 4.12. The minimum atomic E-state index is -0.737. The fourth-order valence-electron chi connectivity index (χ4n) is 5.96. The lowest BCUT2D eigenvalue weighted by Crippen LogP contribution is -2.60. The number of hydrogen-bond donors (Lipinski definition) is 1. The maximum absolute atomic E-state index is 13.9. The zero-order valence-electron chi connectivity index (χ0n) is 23.4. The summed E-state index contributed by atoms with van der Waals surface area (Å²) in [5.74, 6) is -0.994. The normalized spacial score (nSPS) is 17.1. The number of rotatable bonds is 6. The smallest absolute Gasteiger partial charge is 0.270 e. The molecule has 1 saturated heterocycles. The lowest BCUT2D eigenvalue weighted by molar-refractivity contribution is -0.127. The Balaban J connectivity index is 1.48. The highest BCUT2D eigenvalue weighted by atomic mass is 19.1. The van der Waals surface area contributed by atoms with Crippen LogP contribution in [0.1, 0.15) is 41.1 Å². The predicted molar refractivity (Wildman–Crippen MR) is 157 cm³/mol. The van der Waals surface area contributed by atoms with Gasteiger partial charge in [-0.05, 0) is 66.4 Å². The molecule has 3 aromatic carbocycles. The molecule has 1 N–H and O–H groups in total. The van der Waals surface area contributed by atoms with Crippen LogP contribution in [-0.2, 0) is 11.8 Å².